The van der Waals surface area contributed by atoms with Crippen molar-refractivity contribution in [2.75, 3.05) is 19.0 Å². The predicted molar refractivity (Wildman–Crippen MR) is 97.0 cm³/mol. The minimum absolute atomic E-state index is 0.184. The Balaban J connectivity index is 2.06. The first kappa shape index (κ1) is 14.8. The van der Waals surface area contributed by atoms with Gasteiger partial charge in [-0.05, 0) is 30.3 Å². The lowest BCUT2D eigenvalue weighted by Crippen LogP contribution is -2.17. The van der Waals surface area contributed by atoms with Crippen molar-refractivity contribution in [3.8, 4) is 5.69 Å². The fourth-order valence-electron chi connectivity index (χ4n) is 2.84. The molecule has 0 saturated carbocycles. The summed E-state index contributed by atoms with van der Waals surface area (Å²) < 4.78 is 16.4. The molecule has 2 aromatic heterocycles. The van der Waals surface area contributed by atoms with Crippen molar-refractivity contribution in [3.63, 3.8) is 0 Å². The SMILES string of the molecule is CN(C)c1cccc2sc3c(=O)n(-c4cccc(F)c4)cnc3c12. The second kappa shape index (κ2) is 5.42. The first-order valence-electron chi connectivity index (χ1n) is 7.42. The van der Waals surface area contributed by atoms with E-state index in [2.05, 4.69) is 4.98 Å². The molecule has 0 aliphatic heterocycles. The standard InChI is InChI=1S/C18H14FN3OS/c1-21(2)13-7-4-8-14-15(13)16-17(24-14)18(23)22(10-20-16)12-6-3-5-11(19)9-12/h3-10H,1-2H3. The van der Waals surface area contributed by atoms with Gasteiger partial charge in [0.2, 0.25) is 0 Å². The summed E-state index contributed by atoms with van der Waals surface area (Å²) in [6.07, 6.45) is 1.47. The van der Waals surface area contributed by atoms with Gasteiger partial charge < -0.3 is 4.90 Å². The molecule has 6 heteroatoms. The molecule has 120 valence electrons. The molecular formula is C18H14FN3OS. The van der Waals surface area contributed by atoms with Gasteiger partial charge in [0.25, 0.3) is 5.56 Å². The van der Waals surface area contributed by atoms with Crippen LogP contribution in [0.5, 0.6) is 0 Å². The molecule has 0 aliphatic carbocycles. The van der Waals surface area contributed by atoms with Gasteiger partial charge in [-0.2, -0.15) is 0 Å². The van der Waals surface area contributed by atoms with Gasteiger partial charge in [-0.1, -0.05) is 12.1 Å². The highest BCUT2D eigenvalue weighted by Crippen LogP contribution is 2.36. The van der Waals surface area contributed by atoms with E-state index in [-0.39, 0.29) is 11.4 Å². The molecule has 24 heavy (non-hydrogen) atoms. The Labute approximate surface area is 141 Å². The third-order valence-corrected chi connectivity index (χ3v) is 5.08. The van der Waals surface area contributed by atoms with Crippen molar-refractivity contribution < 1.29 is 4.39 Å². The van der Waals surface area contributed by atoms with Crippen LogP contribution in [0.4, 0.5) is 10.1 Å². The molecular weight excluding hydrogens is 325 g/mol. The fraction of sp³-hybridized carbons (Fsp3) is 0.111. The molecule has 0 aliphatic rings. The molecule has 0 unspecified atom stereocenters. The van der Waals surface area contributed by atoms with Crippen molar-refractivity contribution in [2.45, 2.75) is 0 Å². The number of anilines is 1. The molecule has 2 aromatic carbocycles. The number of rotatable bonds is 2. The number of nitrogens with zero attached hydrogens (tertiary/aromatic N) is 3. The van der Waals surface area contributed by atoms with Crippen LogP contribution < -0.4 is 10.5 Å². The van der Waals surface area contributed by atoms with Crippen molar-refractivity contribution in [1.29, 1.82) is 0 Å². The van der Waals surface area contributed by atoms with E-state index in [4.69, 9.17) is 0 Å². The van der Waals surface area contributed by atoms with E-state index in [9.17, 15) is 9.18 Å². The number of thiophene rings is 1. The summed E-state index contributed by atoms with van der Waals surface area (Å²) in [5, 5.41) is 0.978. The average Bonchev–Trinajstić information content (AvgIpc) is 2.94. The molecule has 4 rings (SSSR count). The summed E-state index contributed by atoms with van der Waals surface area (Å²) in [6.45, 7) is 0. The van der Waals surface area contributed by atoms with Crippen molar-refractivity contribution >= 4 is 37.3 Å². The normalized spacial score (nSPS) is 11.3. The van der Waals surface area contributed by atoms with E-state index in [1.54, 1.807) is 12.1 Å². The molecule has 4 aromatic rings. The van der Waals surface area contributed by atoms with Gasteiger partial charge in [0, 0.05) is 29.9 Å². The Morgan fingerprint density at radius 3 is 2.71 bits per heavy atom. The lowest BCUT2D eigenvalue weighted by Gasteiger charge is -2.13. The molecule has 4 nitrogen and oxygen atoms in total. The number of benzene rings is 2. The van der Waals surface area contributed by atoms with Crippen LogP contribution >= 0.6 is 11.3 Å². The molecule has 2 heterocycles. The van der Waals surface area contributed by atoms with Gasteiger partial charge in [-0.15, -0.1) is 11.3 Å². The lowest BCUT2D eigenvalue weighted by molar-refractivity contribution is 0.626. The second-order valence-corrected chi connectivity index (χ2v) is 6.78. The zero-order chi connectivity index (χ0) is 16.8. The maximum absolute atomic E-state index is 13.5. The Bertz CT molecular complexity index is 1130. The average molecular weight is 339 g/mol. The Morgan fingerprint density at radius 2 is 1.96 bits per heavy atom. The Hall–Kier alpha value is -2.73. The zero-order valence-electron chi connectivity index (χ0n) is 13.2. The maximum Gasteiger partial charge on any atom is 0.275 e. The largest absolute Gasteiger partial charge is 0.377 e. The van der Waals surface area contributed by atoms with Crippen LogP contribution in [0.25, 0.3) is 26.0 Å². The van der Waals surface area contributed by atoms with Gasteiger partial charge in [-0.25, -0.2) is 9.37 Å². The summed E-state index contributed by atoms with van der Waals surface area (Å²) >= 11 is 1.42. The third kappa shape index (κ3) is 2.18. The zero-order valence-corrected chi connectivity index (χ0v) is 14.0. The minimum Gasteiger partial charge on any atom is -0.377 e. The molecule has 0 atom stereocenters. The van der Waals surface area contributed by atoms with Crippen LogP contribution in [0, 0.1) is 5.82 Å². The van der Waals surface area contributed by atoms with Crippen molar-refractivity contribution in [3.05, 3.63) is 65.0 Å². The molecule has 0 N–H and O–H groups in total. The topological polar surface area (TPSA) is 38.1 Å². The highest BCUT2D eigenvalue weighted by Gasteiger charge is 2.16. The summed E-state index contributed by atoms with van der Waals surface area (Å²) in [6, 6.07) is 11.9. The monoisotopic (exact) mass is 339 g/mol. The van der Waals surface area contributed by atoms with Gasteiger partial charge >= 0.3 is 0 Å². The summed E-state index contributed by atoms with van der Waals surface area (Å²) in [5.41, 5.74) is 2.00. The van der Waals surface area contributed by atoms with Gasteiger partial charge in [0.05, 0.1) is 11.2 Å². The Morgan fingerprint density at radius 1 is 1.17 bits per heavy atom. The Kier molecular flexibility index (Phi) is 3.35. The molecule has 0 saturated heterocycles. The van der Waals surface area contributed by atoms with Crippen LogP contribution in [-0.2, 0) is 0 Å². The highest BCUT2D eigenvalue weighted by atomic mass is 32.1. The number of hydrogen-bond acceptors (Lipinski definition) is 4. The quantitative estimate of drug-likeness (QED) is 0.557. The molecule has 0 spiro atoms. The smallest absolute Gasteiger partial charge is 0.275 e. The van der Waals surface area contributed by atoms with Crippen LogP contribution in [-0.4, -0.2) is 23.6 Å². The minimum atomic E-state index is -0.384. The van der Waals surface area contributed by atoms with E-state index >= 15 is 0 Å². The molecule has 0 radical (unpaired) electrons. The van der Waals surface area contributed by atoms with Gasteiger partial charge in [0.15, 0.2) is 0 Å². The van der Waals surface area contributed by atoms with E-state index in [1.807, 2.05) is 37.2 Å². The summed E-state index contributed by atoms with van der Waals surface area (Å²) in [5.74, 6) is -0.384. The van der Waals surface area contributed by atoms with E-state index in [0.717, 1.165) is 15.8 Å². The van der Waals surface area contributed by atoms with Crippen molar-refractivity contribution in [2.24, 2.45) is 0 Å². The van der Waals surface area contributed by atoms with Crippen LogP contribution in [0.1, 0.15) is 0 Å². The van der Waals surface area contributed by atoms with Crippen LogP contribution in [0.15, 0.2) is 53.6 Å². The van der Waals surface area contributed by atoms with Crippen LogP contribution in [0.2, 0.25) is 0 Å². The predicted octanol–water partition coefficient (Wildman–Crippen LogP) is 3.81. The number of hydrogen-bond donors (Lipinski definition) is 0. The number of fused-ring (bicyclic) bond motifs is 3. The summed E-state index contributed by atoms with van der Waals surface area (Å²) in [4.78, 5) is 19.4. The first-order chi connectivity index (χ1) is 11.6. The third-order valence-electron chi connectivity index (χ3n) is 3.95. The molecule has 0 bridgehead atoms. The summed E-state index contributed by atoms with van der Waals surface area (Å²) in [7, 11) is 3.93. The van der Waals surface area contributed by atoms with E-state index in [0.29, 0.717) is 15.9 Å². The fourth-order valence-corrected chi connectivity index (χ4v) is 3.95. The first-order valence-corrected chi connectivity index (χ1v) is 8.24. The lowest BCUT2D eigenvalue weighted by atomic mass is 10.2. The van der Waals surface area contributed by atoms with Gasteiger partial charge in [0.1, 0.15) is 16.8 Å². The number of halogens is 1. The van der Waals surface area contributed by atoms with Crippen LogP contribution in [0.3, 0.4) is 0 Å². The van der Waals surface area contributed by atoms with E-state index in [1.165, 1.54) is 34.4 Å². The second-order valence-electron chi connectivity index (χ2n) is 5.72. The maximum atomic E-state index is 13.5. The van der Waals surface area contributed by atoms with Crippen molar-refractivity contribution in [1.82, 2.24) is 9.55 Å². The molecule has 0 amide bonds. The highest BCUT2D eigenvalue weighted by molar-refractivity contribution is 7.25. The molecule has 0 fully saturated rings. The number of aromatic nitrogens is 2. The van der Waals surface area contributed by atoms with Gasteiger partial charge in [-0.3, -0.25) is 9.36 Å². The van der Waals surface area contributed by atoms with E-state index < -0.39 is 0 Å².